The van der Waals surface area contributed by atoms with E-state index in [1.807, 2.05) is 0 Å². The lowest BCUT2D eigenvalue weighted by Crippen LogP contribution is -2.60. The molecule has 11 heteroatoms. The molecule has 1 aromatic rings. The molecule has 2 aliphatic heterocycles. The second kappa shape index (κ2) is 7.03. The number of fused-ring (bicyclic) bond motifs is 4. The normalized spacial score (nSPS) is 38.6. The van der Waals surface area contributed by atoms with Gasteiger partial charge in [0.2, 0.25) is 0 Å². The number of hydrogen-bond donors (Lipinski definition) is 2. The summed E-state index contributed by atoms with van der Waals surface area (Å²) in [7, 11) is 0. The van der Waals surface area contributed by atoms with Crippen molar-refractivity contribution >= 4 is 62.8 Å². The van der Waals surface area contributed by atoms with Crippen LogP contribution in [0.1, 0.15) is 24.3 Å². The highest BCUT2D eigenvalue weighted by atomic mass is 79.9. The predicted molar refractivity (Wildman–Crippen MR) is 115 cm³/mol. The van der Waals surface area contributed by atoms with Crippen LogP contribution in [0.3, 0.4) is 0 Å². The Balaban J connectivity index is 1.74. The molecule has 0 bridgehead atoms. The van der Waals surface area contributed by atoms with Crippen LogP contribution in [0.2, 0.25) is 0 Å². The third-order valence-electron chi connectivity index (χ3n) is 7.22. The molecule has 8 nitrogen and oxygen atoms in total. The first kappa shape index (κ1) is 21.9. The van der Waals surface area contributed by atoms with E-state index in [4.69, 9.17) is 23.2 Å². The van der Waals surface area contributed by atoms with Crippen LogP contribution in [-0.4, -0.2) is 59.1 Å². The van der Waals surface area contributed by atoms with Crippen LogP contribution in [-0.2, 0) is 19.2 Å². The largest absolute Gasteiger partial charge is 0.508 e. The molecule has 0 spiro atoms. The number of aromatic hydroxyl groups is 1. The van der Waals surface area contributed by atoms with Gasteiger partial charge in [-0.1, -0.05) is 39.7 Å². The monoisotopic (exact) mass is 542 g/mol. The summed E-state index contributed by atoms with van der Waals surface area (Å²) >= 11 is 17.1. The fourth-order valence-electron chi connectivity index (χ4n) is 5.78. The number of carbonyl (C=O) groups excluding carboxylic acids is 4. The minimum Gasteiger partial charge on any atom is -0.508 e. The molecule has 4 amide bonds. The van der Waals surface area contributed by atoms with Crippen molar-refractivity contribution < 1.29 is 29.5 Å². The number of hydrogen-bond acceptors (Lipinski definition) is 6. The van der Waals surface area contributed by atoms with Crippen molar-refractivity contribution in [1.29, 1.82) is 0 Å². The Morgan fingerprint density at radius 1 is 1.03 bits per heavy atom. The van der Waals surface area contributed by atoms with Crippen molar-refractivity contribution in [1.82, 2.24) is 9.96 Å². The first-order chi connectivity index (χ1) is 15.1. The lowest BCUT2D eigenvalue weighted by atomic mass is 9.56. The smallest absolute Gasteiger partial charge is 0.257 e. The van der Waals surface area contributed by atoms with Gasteiger partial charge in [0.1, 0.15) is 5.75 Å². The van der Waals surface area contributed by atoms with Crippen molar-refractivity contribution in [2.24, 2.45) is 17.8 Å². The molecule has 3 fully saturated rings. The van der Waals surface area contributed by atoms with E-state index in [9.17, 15) is 29.5 Å². The SMILES string of the molecule is O=C1[C@H]2[C@H](CC=C3[C@H]2C[C@@]2(Cl)C(=O)N(CBr)C(=O)[C@@]2(Cl)[C@H]3c2ccc(O)cc2)C(=O)N1O. The zero-order valence-electron chi connectivity index (χ0n) is 16.4. The molecule has 0 unspecified atom stereocenters. The fraction of sp³-hybridized carbons (Fsp3) is 0.429. The number of imide groups is 2. The highest BCUT2D eigenvalue weighted by Gasteiger charge is 2.76. The van der Waals surface area contributed by atoms with Gasteiger partial charge < -0.3 is 5.11 Å². The summed E-state index contributed by atoms with van der Waals surface area (Å²) in [5.41, 5.74) is 1.05. The summed E-state index contributed by atoms with van der Waals surface area (Å²) in [5, 5.41) is 19.9. The van der Waals surface area contributed by atoms with E-state index in [-0.39, 0.29) is 29.1 Å². The topological polar surface area (TPSA) is 115 Å². The maximum Gasteiger partial charge on any atom is 0.257 e. The van der Waals surface area contributed by atoms with E-state index in [0.29, 0.717) is 11.1 Å². The minimum atomic E-state index is -1.88. The van der Waals surface area contributed by atoms with Crippen LogP contribution in [0.5, 0.6) is 5.75 Å². The van der Waals surface area contributed by atoms with Gasteiger partial charge in [0.05, 0.1) is 17.3 Å². The predicted octanol–water partition coefficient (Wildman–Crippen LogP) is 2.49. The van der Waals surface area contributed by atoms with Gasteiger partial charge >= 0.3 is 0 Å². The third-order valence-corrected chi connectivity index (χ3v) is 9.13. The van der Waals surface area contributed by atoms with E-state index in [1.54, 1.807) is 18.2 Å². The summed E-state index contributed by atoms with van der Waals surface area (Å²) in [4.78, 5) is 49.1. The Kier molecular flexibility index (Phi) is 4.81. The molecule has 2 aliphatic carbocycles. The molecule has 2 saturated heterocycles. The number of phenolic OH excluding ortho intramolecular Hbond substituents is 1. The first-order valence-electron chi connectivity index (χ1n) is 9.93. The van der Waals surface area contributed by atoms with Crippen molar-refractivity contribution in [3.8, 4) is 5.75 Å². The summed E-state index contributed by atoms with van der Waals surface area (Å²) in [5.74, 6) is -6.05. The number of nitrogens with zero attached hydrogens (tertiary/aromatic N) is 2. The number of amides is 4. The molecule has 2 N–H and O–H groups in total. The number of allylic oxidation sites excluding steroid dienone is 2. The number of phenols is 1. The minimum absolute atomic E-state index is 0.00274. The van der Waals surface area contributed by atoms with Crippen LogP contribution < -0.4 is 0 Å². The second-order valence-electron chi connectivity index (χ2n) is 8.57. The zero-order chi connectivity index (χ0) is 23.2. The zero-order valence-corrected chi connectivity index (χ0v) is 19.5. The quantitative estimate of drug-likeness (QED) is 0.195. The molecule has 1 aromatic carbocycles. The molecule has 5 rings (SSSR count). The Labute approximate surface area is 200 Å². The number of carbonyl (C=O) groups is 4. The molecule has 32 heavy (non-hydrogen) atoms. The average molecular weight is 544 g/mol. The summed E-state index contributed by atoms with van der Waals surface area (Å²) < 4.78 is 0. The van der Waals surface area contributed by atoms with Gasteiger partial charge in [-0.05, 0) is 36.5 Å². The van der Waals surface area contributed by atoms with E-state index in [1.165, 1.54) is 12.1 Å². The van der Waals surface area contributed by atoms with Crippen molar-refractivity contribution in [3.63, 3.8) is 0 Å². The van der Waals surface area contributed by atoms with E-state index in [2.05, 4.69) is 15.9 Å². The molecule has 6 atom stereocenters. The lowest BCUT2D eigenvalue weighted by molar-refractivity contribution is -0.173. The number of alkyl halides is 3. The maximum atomic E-state index is 13.4. The molecular weight excluding hydrogens is 527 g/mol. The number of rotatable bonds is 2. The highest BCUT2D eigenvalue weighted by molar-refractivity contribution is 9.09. The summed E-state index contributed by atoms with van der Waals surface area (Å²) in [6.45, 7) is 0. The fourth-order valence-corrected chi connectivity index (χ4v) is 7.20. The molecule has 0 radical (unpaired) electrons. The Morgan fingerprint density at radius 2 is 1.69 bits per heavy atom. The molecule has 4 aliphatic rings. The van der Waals surface area contributed by atoms with Crippen LogP contribution in [0.4, 0.5) is 0 Å². The van der Waals surface area contributed by atoms with Gasteiger partial charge in [-0.2, -0.15) is 5.06 Å². The van der Waals surface area contributed by atoms with E-state index >= 15 is 0 Å². The van der Waals surface area contributed by atoms with Gasteiger partial charge in [0.15, 0.2) is 9.75 Å². The van der Waals surface area contributed by atoms with E-state index in [0.717, 1.165) is 4.90 Å². The molecular formula is C21H17BrCl2N2O6. The Bertz CT molecular complexity index is 1110. The molecule has 0 aromatic heterocycles. The van der Waals surface area contributed by atoms with Gasteiger partial charge in [0.25, 0.3) is 23.6 Å². The van der Waals surface area contributed by atoms with Crippen LogP contribution in [0.25, 0.3) is 0 Å². The maximum absolute atomic E-state index is 13.4. The first-order valence-corrected chi connectivity index (χ1v) is 11.8. The van der Waals surface area contributed by atoms with E-state index < -0.39 is 57.0 Å². The van der Waals surface area contributed by atoms with Crippen LogP contribution in [0, 0.1) is 17.8 Å². The molecule has 2 heterocycles. The highest BCUT2D eigenvalue weighted by Crippen LogP contribution is 2.65. The number of likely N-dealkylation sites (tertiary alicyclic amines) is 1. The molecule has 168 valence electrons. The number of hydroxylamine groups is 2. The van der Waals surface area contributed by atoms with Crippen molar-refractivity contribution in [2.75, 3.05) is 5.45 Å². The lowest BCUT2D eigenvalue weighted by Gasteiger charge is -2.50. The summed E-state index contributed by atoms with van der Waals surface area (Å²) in [6, 6.07) is 6.05. The van der Waals surface area contributed by atoms with Gasteiger partial charge in [-0.25, -0.2) is 0 Å². The average Bonchev–Trinajstić information content (AvgIpc) is 3.08. The number of halogens is 3. The standard InChI is InChI=1S/C21H17BrCl2N2O6/c22-8-25-18(30)20(23)7-13-11(5-6-12-14(13)17(29)26(32)16(12)28)15(21(20,24)19(25)31)9-1-3-10(27)4-2-9/h1-5,12-15,27,32H,6-8H2/t12-,13+,14-,15-,20+,21-/m0/s1. The molecule has 1 saturated carbocycles. The van der Waals surface area contributed by atoms with Crippen molar-refractivity contribution in [3.05, 3.63) is 41.5 Å². The van der Waals surface area contributed by atoms with Crippen LogP contribution in [0.15, 0.2) is 35.9 Å². The second-order valence-corrected chi connectivity index (χ2v) is 10.3. The van der Waals surface area contributed by atoms with Gasteiger partial charge in [0, 0.05) is 5.92 Å². The van der Waals surface area contributed by atoms with Crippen LogP contribution >= 0.6 is 39.1 Å². The summed E-state index contributed by atoms with van der Waals surface area (Å²) in [6.07, 6.45) is 1.81. The third kappa shape index (κ3) is 2.48. The van der Waals surface area contributed by atoms with Gasteiger partial charge in [-0.15, -0.1) is 23.2 Å². The van der Waals surface area contributed by atoms with Crippen molar-refractivity contribution in [2.45, 2.75) is 28.5 Å². The number of benzene rings is 1. The van der Waals surface area contributed by atoms with Gasteiger partial charge in [-0.3, -0.25) is 29.3 Å². The Morgan fingerprint density at radius 3 is 2.31 bits per heavy atom. The Hall–Kier alpha value is -1.94.